The molecule has 2 aromatic rings. The standard InChI is InChI=1S/C15H21N3/c1-15(2,3)14-9-10-18(16-14)13-8-6-7-12(11-13)17(4)5/h6-11H,1-5H3. The van der Waals surface area contributed by atoms with Crippen LogP contribution in [0.25, 0.3) is 5.69 Å². The van der Waals surface area contributed by atoms with E-state index in [4.69, 9.17) is 0 Å². The maximum atomic E-state index is 4.65. The fourth-order valence-electron chi connectivity index (χ4n) is 1.78. The number of anilines is 1. The van der Waals surface area contributed by atoms with Gasteiger partial charge in [0.25, 0.3) is 0 Å². The Kier molecular flexibility index (Phi) is 3.16. The molecular weight excluding hydrogens is 222 g/mol. The van der Waals surface area contributed by atoms with Gasteiger partial charge in [-0.05, 0) is 24.3 Å². The molecule has 18 heavy (non-hydrogen) atoms. The van der Waals surface area contributed by atoms with E-state index in [1.807, 2.05) is 25.0 Å². The molecule has 0 aliphatic heterocycles. The second kappa shape index (κ2) is 4.48. The van der Waals surface area contributed by atoms with Crippen LogP contribution in [-0.2, 0) is 5.41 Å². The SMILES string of the molecule is CN(C)c1cccc(-n2ccc(C(C)(C)C)n2)c1. The largest absolute Gasteiger partial charge is 0.378 e. The minimum Gasteiger partial charge on any atom is -0.378 e. The first-order valence-electron chi connectivity index (χ1n) is 6.22. The second-order valence-electron chi connectivity index (χ2n) is 5.81. The van der Waals surface area contributed by atoms with Gasteiger partial charge in [0.15, 0.2) is 0 Å². The Balaban J connectivity index is 2.37. The van der Waals surface area contributed by atoms with Crippen molar-refractivity contribution in [3.63, 3.8) is 0 Å². The second-order valence-corrected chi connectivity index (χ2v) is 5.81. The normalized spacial score (nSPS) is 11.6. The molecular formula is C15H21N3. The molecule has 0 saturated carbocycles. The molecule has 0 aliphatic carbocycles. The lowest BCUT2D eigenvalue weighted by atomic mass is 9.93. The fraction of sp³-hybridized carbons (Fsp3) is 0.400. The highest BCUT2D eigenvalue weighted by Crippen LogP contribution is 2.22. The van der Waals surface area contributed by atoms with Gasteiger partial charge in [0.1, 0.15) is 0 Å². The Bertz CT molecular complexity index is 533. The molecule has 1 aromatic carbocycles. The summed E-state index contributed by atoms with van der Waals surface area (Å²) in [6.07, 6.45) is 2.02. The van der Waals surface area contributed by atoms with Crippen molar-refractivity contribution >= 4 is 5.69 Å². The van der Waals surface area contributed by atoms with Crippen molar-refractivity contribution in [3.05, 3.63) is 42.2 Å². The maximum Gasteiger partial charge on any atom is 0.0682 e. The summed E-state index contributed by atoms with van der Waals surface area (Å²) in [4.78, 5) is 2.09. The van der Waals surface area contributed by atoms with Crippen LogP contribution in [0, 0.1) is 0 Å². The number of benzene rings is 1. The molecule has 0 spiro atoms. The Morgan fingerprint density at radius 3 is 2.39 bits per heavy atom. The molecule has 0 N–H and O–H groups in total. The highest BCUT2D eigenvalue weighted by molar-refractivity contribution is 5.52. The van der Waals surface area contributed by atoms with Gasteiger partial charge in [0.05, 0.1) is 11.4 Å². The predicted octanol–water partition coefficient (Wildman–Crippen LogP) is 3.24. The van der Waals surface area contributed by atoms with Crippen LogP contribution in [-0.4, -0.2) is 23.9 Å². The molecule has 96 valence electrons. The summed E-state index contributed by atoms with van der Waals surface area (Å²) in [6.45, 7) is 6.53. The van der Waals surface area contributed by atoms with Crippen molar-refractivity contribution in [1.82, 2.24) is 9.78 Å². The van der Waals surface area contributed by atoms with Gasteiger partial charge in [-0.25, -0.2) is 4.68 Å². The summed E-state index contributed by atoms with van der Waals surface area (Å²) >= 11 is 0. The fourth-order valence-corrected chi connectivity index (χ4v) is 1.78. The number of aromatic nitrogens is 2. The van der Waals surface area contributed by atoms with E-state index in [0.29, 0.717) is 0 Å². The van der Waals surface area contributed by atoms with Crippen LogP contribution < -0.4 is 4.90 Å². The smallest absolute Gasteiger partial charge is 0.0682 e. The molecule has 0 aliphatic rings. The van der Waals surface area contributed by atoms with Gasteiger partial charge in [-0.2, -0.15) is 5.10 Å². The van der Waals surface area contributed by atoms with Crippen LogP contribution in [0.15, 0.2) is 36.5 Å². The quantitative estimate of drug-likeness (QED) is 0.807. The van der Waals surface area contributed by atoms with E-state index in [1.165, 1.54) is 5.69 Å². The van der Waals surface area contributed by atoms with Crippen LogP contribution >= 0.6 is 0 Å². The molecule has 0 saturated heterocycles. The van der Waals surface area contributed by atoms with Crippen molar-refractivity contribution in [2.24, 2.45) is 0 Å². The molecule has 0 atom stereocenters. The molecule has 2 rings (SSSR count). The van der Waals surface area contributed by atoms with Gasteiger partial charge in [-0.3, -0.25) is 0 Å². The van der Waals surface area contributed by atoms with Crippen molar-refractivity contribution in [1.29, 1.82) is 0 Å². The predicted molar refractivity (Wildman–Crippen MR) is 76.6 cm³/mol. The Hall–Kier alpha value is -1.77. The van der Waals surface area contributed by atoms with Gasteiger partial charge >= 0.3 is 0 Å². The zero-order valence-electron chi connectivity index (χ0n) is 11.8. The number of nitrogens with zero attached hydrogens (tertiary/aromatic N) is 3. The summed E-state index contributed by atoms with van der Waals surface area (Å²) in [5.74, 6) is 0. The zero-order valence-corrected chi connectivity index (χ0v) is 11.8. The van der Waals surface area contributed by atoms with E-state index in [1.54, 1.807) is 0 Å². The van der Waals surface area contributed by atoms with Crippen molar-refractivity contribution < 1.29 is 0 Å². The van der Waals surface area contributed by atoms with E-state index in [9.17, 15) is 0 Å². The first-order valence-corrected chi connectivity index (χ1v) is 6.22. The van der Waals surface area contributed by atoms with Crippen LogP contribution in [0.4, 0.5) is 5.69 Å². The van der Waals surface area contributed by atoms with Crippen molar-refractivity contribution in [2.45, 2.75) is 26.2 Å². The summed E-state index contributed by atoms with van der Waals surface area (Å²) in [7, 11) is 4.09. The number of rotatable bonds is 2. The maximum absolute atomic E-state index is 4.65. The molecule has 3 heteroatoms. The minimum absolute atomic E-state index is 0.0877. The lowest BCUT2D eigenvalue weighted by Gasteiger charge is -2.15. The minimum atomic E-state index is 0.0877. The average Bonchev–Trinajstić information content (AvgIpc) is 2.78. The highest BCUT2D eigenvalue weighted by atomic mass is 15.3. The monoisotopic (exact) mass is 243 g/mol. The zero-order chi connectivity index (χ0) is 13.3. The molecule has 0 unspecified atom stereocenters. The van der Waals surface area contributed by atoms with Crippen LogP contribution in [0.5, 0.6) is 0 Å². The lowest BCUT2D eigenvalue weighted by Crippen LogP contribution is -2.13. The third kappa shape index (κ3) is 2.55. The third-order valence-corrected chi connectivity index (χ3v) is 2.97. The van der Waals surface area contributed by atoms with Gasteiger partial charge < -0.3 is 4.90 Å². The molecule has 3 nitrogen and oxygen atoms in total. The van der Waals surface area contributed by atoms with E-state index in [0.717, 1.165) is 11.4 Å². The summed E-state index contributed by atoms with van der Waals surface area (Å²) in [5.41, 5.74) is 3.47. The third-order valence-electron chi connectivity index (χ3n) is 2.97. The Labute approximate surface area is 109 Å². The topological polar surface area (TPSA) is 21.1 Å². The summed E-state index contributed by atoms with van der Waals surface area (Å²) in [6, 6.07) is 10.5. The van der Waals surface area contributed by atoms with Gasteiger partial charge in [0, 0.05) is 31.4 Å². The number of hydrogen-bond acceptors (Lipinski definition) is 2. The van der Waals surface area contributed by atoms with E-state index in [2.05, 4.69) is 61.1 Å². The van der Waals surface area contributed by atoms with Gasteiger partial charge in [-0.1, -0.05) is 26.8 Å². The van der Waals surface area contributed by atoms with E-state index < -0.39 is 0 Å². The Morgan fingerprint density at radius 2 is 1.83 bits per heavy atom. The van der Waals surface area contributed by atoms with Crippen LogP contribution in [0.3, 0.4) is 0 Å². The lowest BCUT2D eigenvalue weighted by molar-refractivity contribution is 0.560. The van der Waals surface area contributed by atoms with E-state index >= 15 is 0 Å². The summed E-state index contributed by atoms with van der Waals surface area (Å²) in [5, 5.41) is 4.65. The summed E-state index contributed by atoms with van der Waals surface area (Å²) < 4.78 is 1.94. The number of hydrogen-bond donors (Lipinski definition) is 0. The first kappa shape index (κ1) is 12.7. The van der Waals surface area contributed by atoms with E-state index in [-0.39, 0.29) is 5.41 Å². The average molecular weight is 243 g/mol. The molecule has 0 amide bonds. The molecule has 0 bridgehead atoms. The van der Waals surface area contributed by atoms with Crippen LogP contribution in [0.1, 0.15) is 26.5 Å². The molecule has 0 radical (unpaired) electrons. The van der Waals surface area contributed by atoms with Gasteiger partial charge in [-0.15, -0.1) is 0 Å². The van der Waals surface area contributed by atoms with Crippen LogP contribution in [0.2, 0.25) is 0 Å². The molecule has 1 aromatic heterocycles. The Morgan fingerprint density at radius 1 is 1.11 bits per heavy atom. The highest BCUT2D eigenvalue weighted by Gasteiger charge is 2.17. The van der Waals surface area contributed by atoms with Gasteiger partial charge in [0.2, 0.25) is 0 Å². The first-order chi connectivity index (χ1) is 8.38. The molecule has 1 heterocycles. The van der Waals surface area contributed by atoms with Crippen molar-refractivity contribution in [2.75, 3.05) is 19.0 Å². The molecule has 0 fully saturated rings. The van der Waals surface area contributed by atoms with Crippen molar-refractivity contribution in [3.8, 4) is 5.69 Å².